The maximum Gasteiger partial charge on any atom is 0.410 e. The molecule has 1 N–H and O–H groups in total. The highest BCUT2D eigenvalue weighted by molar-refractivity contribution is 8.00. The van der Waals surface area contributed by atoms with Crippen LogP contribution in [0.2, 0.25) is 0 Å². The predicted molar refractivity (Wildman–Crippen MR) is 145 cm³/mol. The fourth-order valence-electron chi connectivity index (χ4n) is 4.01. The number of fused-ring (bicyclic) bond motifs is 2. The lowest BCUT2D eigenvalue weighted by atomic mass is 10.0. The first-order valence-electron chi connectivity index (χ1n) is 11.4. The minimum Gasteiger partial charge on any atom is -0.450 e. The molecule has 2 aromatic heterocycles. The van der Waals surface area contributed by atoms with Gasteiger partial charge in [0.15, 0.2) is 0 Å². The maximum atomic E-state index is 13.0. The molecule has 0 saturated carbocycles. The highest BCUT2D eigenvalue weighted by atomic mass is 32.2. The number of carbonyl (C=O) groups excluding carboxylic acids is 2. The van der Waals surface area contributed by atoms with Crippen molar-refractivity contribution >= 4 is 61.7 Å². The number of aromatic nitrogens is 1. The van der Waals surface area contributed by atoms with Crippen molar-refractivity contribution in [3.8, 4) is 10.6 Å². The fourth-order valence-corrected chi connectivity index (χ4v) is 7.10. The monoisotopic (exact) mass is 523 g/mol. The highest BCUT2D eigenvalue weighted by Crippen LogP contribution is 2.45. The molecule has 4 aromatic rings. The molecule has 5 rings (SSSR count). The molecule has 0 saturated heterocycles. The van der Waals surface area contributed by atoms with Gasteiger partial charge in [0.25, 0.3) is 0 Å². The molecule has 0 aliphatic carbocycles. The third kappa shape index (κ3) is 5.22. The molecule has 0 fully saturated rings. The van der Waals surface area contributed by atoms with Crippen molar-refractivity contribution in [1.29, 1.82) is 0 Å². The van der Waals surface area contributed by atoms with Gasteiger partial charge in [-0.1, -0.05) is 29.8 Å². The van der Waals surface area contributed by atoms with E-state index >= 15 is 0 Å². The number of aryl methyl sites for hydroxylation is 1. The normalized spacial score (nSPS) is 13.0. The molecule has 2 amide bonds. The third-order valence-corrected chi connectivity index (χ3v) is 8.93. The van der Waals surface area contributed by atoms with E-state index < -0.39 is 0 Å². The van der Waals surface area contributed by atoms with Gasteiger partial charge in [-0.3, -0.25) is 4.79 Å². The molecule has 2 aromatic carbocycles. The van der Waals surface area contributed by atoms with Crippen molar-refractivity contribution in [3.05, 3.63) is 64.5 Å². The van der Waals surface area contributed by atoms with E-state index in [1.807, 2.05) is 56.3 Å². The van der Waals surface area contributed by atoms with Crippen molar-refractivity contribution in [3.63, 3.8) is 0 Å². The lowest BCUT2D eigenvalue weighted by molar-refractivity contribution is -0.113. The predicted octanol–water partition coefficient (Wildman–Crippen LogP) is 6.58. The minimum atomic E-state index is -0.298. The zero-order valence-corrected chi connectivity index (χ0v) is 21.9. The summed E-state index contributed by atoms with van der Waals surface area (Å²) in [4.78, 5) is 34.0. The largest absolute Gasteiger partial charge is 0.450 e. The molecule has 9 heteroatoms. The van der Waals surface area contributed by atoms with E-state index in [0.717, 1.165) is 41.1 Å². The van der Waals surface area contributed by atoms with E-state index in [0.29, 0.717) is 31.9 Å². The van der Waals surface area contributed by atoms with Crippen LogP contribution in [0.15, 0.2) is 53.4 Å². The van der Waals surface area contributed by atoms with Gasteiger partial charge in [0.2, 0.25) is 5.91 Å². The third-order valence-electron chi connectivity index (χ3n) is 5.73. The second-order valence-electron chi connectivity index (χ2n) is 8.22. The minimum absolute atomic E-state index is 0.0567. The molecule has 0 radical (unpaired) electrons. The Morgan fingerprint density at radius 1 is 1.14 bits per heavy atom. The van der Waals surface area contributed by atoms with Crippen molar-refractivity contribution in [2.24, 2.45) is 0 Å². The smallest absolute Gasteiger partial charge is 0.410 e. The Hall–Kier alpha value is -2.88. The lowest BCUT2D eigenvalue weighted by Gasteiger charge is -2.26. The second-order valence-corrected chi connectivity index (χ2v) is 11.4. The van der Waals surface area contributed by atoms with Gasteiger partial charge in [-0.2, -0.15) is 0 Å². The number of nitrogens with zero attached hydrogens (tertiary/aromatic N) is 2. The van der Waals surface area contributed by atoms with Crippen molar-refractivity contribution in [1.82, 2.24) is 9.88 Å². The molecule has 6 nitrogen and oxygen atoms in total. The number of anilines is 1. The van der Waals surface area contributed by atoms with Crippen LogP contribution in [0, 0.1) is 6.92 Å². The first-order valence-corrected chi connectivity index (χ1v) is 14.0. The van der Waals surface area contributed by atoms with Crippen LogP contribution in [0.25, 0.3) is 20.8 Å². The Labute approximate surface area is 216 Å². The summed E-state index contributed by atoms with van der Waals surface area (Å²) in [6.07, 6.45) is 0.400. The molecule has 1 aliphatic rings. The topological polar surface area (TPSA) is 71.5 Å². The van der Waals surface area contributed by atoms with Gasteiger partial charge in [-0.05, 0) is 50.1 Å². The Morgan fingerprint density at radius 2 is 1.94 bits per heavy atom. The maximum absolute atomic E-state index is 13.0. The number of amides is 2. The summed E-state index contributed by atoms with van der Waals surface area (Å²) in [5.74, 6) is 0.263. The summed E-state index contributed by atoms with van der Waals surface area (Å²) in [6.45, 7) is 5.27. The summed E-state index contributed by atoms with van der Waals surface area (Å²) < 4.78 is 6.32. The number of ether oxygens (including phenoxy) is 1. The van der Waals surface area contributed by atoms with Crippen LogP contribution in [0.5, 0.6) is 0 Å². The summed E-state index contributed by atoms with van der Waals surface area (Å²) in [7, 11) is 0. The molecular weight excluding hydrogens is 499 g/mol. The van der Waals surface area contributed by atoms with Gasteiger partial charge < -0.3 is 15.0 Å². The number of benzene rings is 2. The highest BCUT2D eigenvalue weighted by Gasteiger charge is 2.30. The molecule has 1 aliphatic heterocycles. The number of hydrogen-bond donors (Lipinski definition) is 1. The zero-order valence-electron chi connectivity index (χ0n) is 19.5. The first kappa shape index (κ1) is 23.8. The van der Waals surface area contributed by atoms with E-state index in [1.165, 1.54) is 28.7 Å². The van der Waals surface area contributed by atoms with Gasteiger partial charge in [0.05, 0.1) is 29.1 Å². The Kier molecular flexibility index (Phi) is 7.08. The van der Waals surface area contributed by atoms with Crippen LogP contribution in [-0.2, 0) is 22.5 Å². The SMILES string of the molecule is CCOC(=O)N1CCc2c(sc(NC(=O)CSc3ccc(C)cc3)c2-c2nc3ccccc3s2)C1. The Balaban J connectivity index is 1.43. The van der Waals surface area contributed by atoms with Gasteiger partial charge in [0.1, 0.15) is 10.0 Å². The van der Waals surface area contributed by atoms with Gasteiger partial charge in [0, 0.05) is 21.9 Å². The van der Waals surface area contributed by atoms with Crippen LogP contribution >= 0.6 is 34.4 Å². The first-order chi connectivity index (χ1) is 17.0. The van der Waals surface area contributed by atoms with Crippen molar-refractivity contribution in [2.45, 2.75) is 31.7 Å². The summed E-state index contributed by atoms with van der Waals surface area (Å²) in [5, 5.41) is 4.85. The summed E-state index contributed by atoms with van der Waals surface area (Å²) in [5.41, 5.74) is 4.29. The van der Waals surface area contributed by atoms with Crippen LogP contribution in [-0.4, -0.2) is 40.8 Å². The standard InChI is InChI=1S/C26H25N3O3S3/c1-3-32-26(31)29-13-12-18-21(14-29)35-25(23(18)24-27-19-6-4-5-7-20(19)34-24)28-22(30)15-33-17-10-8-16(2)9-11-17/h4-11H,3,12-15H2,1-2H3,(H,28,30). The number of carbonyl (C=O) groups is 2. The average molecular weight is 524 g/mol. The van der Waals surface area contributed by atoms with Crippen molar-refractivity contribution < 1.29 is 14.3 Å². The van der Waals surface area contributed by atoms with E-state index in [1.54, 1.807) is 16.2 Å². The van der Waals surface area contributed by atoms with E-state index in [-0.39, 0.29) is 12.0 Å². The van der Waals surface area contributed by atoms with Gasteiger partial charge >= 0.3 is 6.09 Å². The molecule has 35 heavy (non-hydrogen) atoms. The Bertz CT molecular complexity index is 1340. The van der Waals surface area contributed by atoms with Crippen molar-refractivity contribution in [2.75, 3.05) is 24.2 Å². The number of thiazole rings is 1. The Morgan fingerprint density at radius 3 is 2.71 bits per heavy atom. The molecule has 0 unspecified atom stereocenters. The van der Waals surface area contributed by atoms with E-state index in [2.05, 4.69) is 11.4 Å². The van der Waals surface area contributed by atoms with E-state index in [9.17, 15) is 9.59 Å². The van der Waals surface area contributed by atoms with Crippen LogP contribution in [0.3, 0.4) is 0 Å². The molecule has 0 bridgehead atoms. The lowest BCUT2D eigenvalue weighted by Crippen LogP contribution is -2.35. The molecule has 3 heterocycles. The molecule has 0 atom stereocenters. The van der Waals surface area contributed by atoms with Crippen LogP contribution in [0.1, 0.15) is 22.9 Å². The molecule has 0 spiro atoms. The molecular formula is C26H25N3O3S3. The number of thiophene rings is 1. The second kappa shape index (κ2) is 10.4. The average Bonchev–Trinajstić information content (AvgIpc) is 3.43. The quantitative estimate of drug-likeness (QED) is 0.289. The molecule has 180 valence electrons. The number of hydrogen-bond acceptors (Lipinski definition) is 7. The number of thioether (sulfide) groups is 1. The number of para-hydroxylation sites is 1. The van der Waals surface area contributed by atoms with Gasteiger partial charge in [-0.25, -0.2) is 9.78 Å². The van der Waals surface area contributed by atoms with Crippen LogP contribution < -0.4 is 5.32 Å². The van der Waals surface area contributed by atoms with E-state index in [4.69, 9.17) is 9.72 Å². The number of rotatable bonds is 6. The summed E-state index contributed by atoms with van der Waals surface area (Å²) in [6, 6.07) is 16.2. The number of nitrogens with one attached hydrogen (secondary N) is 1. The zero-order chi connectivity index (χ0) is 24.4. The van der Waals surface area contributed by atoms with Gasteiger partial charge in [-0.15, -0.1) is 34.4 Å². The fraction of sp³-hybridized carbons (Fsp3) is 0.269. The van der Waals surface area contributed by atoms with Crippen LogP contribution in [0.4, 0.5) is 9.80 Å². The summed E-state index contributed by atoms with van der Waals surface area (Å²) >= 11 is 4.68.